The van der Waals surface area contributed by atoms with Crippen LogP contribution in [0.15, 0.2) is 0 Å². The zero-order valence-electron chi connectivity index (χ0n) is 12.4. The average Bonchev–Trinajstić information content (AvgIpc) is 3.18. The van der Waals surface area contributed by atoms with Crippen LogP contribution >= 0.6 is 0 Å². The van der Waals surface area contributed by atoms with Gasteiger partial charge in [0.15, 0.2) is 0 Å². The van der Waals surface area contributed by atoms with Crippen molar-refractivity contribution in [1.82, 2.24) is 4.90 Å². The summed E-state index contributed by atoms with van der Waals surface area (Å²) in [6.07, 6.45) is 2.72. The molecule has 0 radical (unpaired) electrons. The number of ether oxygens (including phenoxy) is 2. The van der Waals surface area contributed by atoms with Crippen LogP contribution in [0.2, 0.25) is 0 Å². The number of nitrogens with zero attached hydrogens (tertiary/aromatic N) is 1. The molecule has 18 heavy (non-hydrogen) atoms. The topological polar surface area (TPSA) is 47.7 Å². The molecule has 2 N–H and O–H groups in total. The fourth-order valence-corrected chi connectivity index (χ4v) is 2.79. The lowest BCUT2D eigenvalue weighted by atomic mass is 9.98. The number of hydrogen-bond donors (Lipinski definition) is 1. The molecule has 3 unspecified atom stereocenters. The molecule has 0 aromatic rings. The Morgan fingerprint density at radius 2 is 1.89 bits per heavy atom. The summed E-state index contributed by atoms with van der Waals surface area (Å²) < 4.78 is 10.5. The first kappa shape index (κ1) is 15.9. The normalized spacial score (nSPS) is 21.0. The van der Waals surface area contributed by atoms with E-state index in [1.54, 1.807) is 14.2 Å². The van der Waals surface area contributed by atoms with Gasteiger partial charge in [0.05, 0.1) is 13.2 Å². The van der Waals surface area contributed by atoms with Gasteiger partial charge in [0.1, 0.15) is 0 Å². The summed E-state index contributed by atoms with van der Waals surface area (Å²) in [4.78, 5) is 2.53. The van der Waals surface area contributed by atoms with E-state index in [1.807, 2.05) is 0 Å². The summed E-state index contributed by atoms with van der Waals surface area (Å²) in [5.41, 5.74) is 6.00. The molecule has 1 rings (SSSR count). The van der Waals surface area contributed by atoms with E-state index >= 15 is 0 Å². The zero-order valence-corrected chi connectivity index (χ0v) is 12.4. The third-order valence-corrected chi connectivity index (χ3v) is 4.13. The van der Waals surface area contributed by atoms with E-state index in [-0.39, 0.29) is 0 Å². The lowest BCUT2D eigenvalue weighted by molar-refractivity contribution is 0.0369. The van der Waals surface area contributed by atoms with E-state index in [0.29, 0.717) is 24.5 Å². The standard InChI is InChI=1S/C14H30N2O2/c1-11(10-18-4)14(9-15)16(7-8-17-3)12(2)13-5-6-13/h11-14H,5-10,15H2,1-4H3. The molecule has 3 atom stereocenters. The Morgan fingerprint density at radius 3 is 2.33 bits per heavy atom. The molecule has 0 aromatic heterocycles. The Kier molecular flexibility index (Phi) is 7.15. The Balaban J connectivity index is 2.63. The van der Waals surface area contributed by atoms with Gasteiger partial charge in [0.2, 0.25) is 0 Å². The summed E-state index contributed by atoms with van der Waals surface area (Å²) in [5.74, 6) is 1.31. The molecule has 0 amide bonds. The second kappa shape index (κ2) is 8.10. The fraction of sp³-hybridized carbons (Fsp3) is 1.00. The summed E-state index contributed by atoms with van der Waals surface area (Å²) in [5, 5.41) is 0. The molecule has 0 aliphatic heterocycles. The molecule has 4 heteroatoms. The van der Waals surface area contributed by atoms with Crippen molar-refractivity contribution in [2.24, 2.45) is 17.6 Å². The maximum absolute atomic E-state index is 6.00. The third kappa shape index (κ3) is 4.50. The quantitative estimate of drug-likeness (QED) is 0.642. The van der Waals surface area contributed by atoms with Crippen molar-refractivity contribution in [3.8, 4) is 0 Å². The van der Waals surface area contributed by atoms with Gasteiger partial charge < -0.3 is 15.2 Å². The van der Waals surface area contributed by atoms with Crippen LogP contribution in [0, 0.1) is 11.8 Å². The number of hydrogen-bond acceptors (Lipinski definition) is 4. The lowest BCUT2D eigenvalue weighted by Crippen LogP contribution is -2.52. The number of methoxy groups -OCH3 is 2. The van der Waals surface area contributed by atoms with Crippen molar-refractivity contribution in [1.29, 1.82) is 0 Å². The molecule has 0 spiro atoms. The highest BCUT2D eigenvalue weighted by Crippen LogP contribution is 2.36. The van der Waals surface area contributed by atoms with Crippen molar-refractivity contribution in [3.63, 3.8) is 0 Å². The van der Waals surface area contributed by atoms with E-state index in [0.717, 1.165) is 25.7 Å². The van der Waals surface area contributed by atoms with Crippen molar-refractivity contribution in [2.75, 3.05) is 40.5 Å². The maximum atomic E-state index is 6.00. The minimum Gasteiger partial charge on any atom is -0.384 e. The highest BCUT2D eigenvalue weighted by atomic mass is 16.5. The Bertz CT molecular complexity index is 222. The van der Waals surface area contributed by atoms with Crippen LogP contribution in [0.25, 0.3) is 0 Å². The van der Waals surface area contributed by atoms with Gasteiger partial charge in [-0.05, 0) is 31.6 Å². The van der Waals surface area contributed by atoms with Gasteiger partial charge in [0.25, 0.3) is 0 Å². The highest BCUT2D eigenvalue weighted by molar-refractivity contribution is 4.90. The summed E-state index contributed by atoms with van der Waals surface area (Å²) in [6.45, 7) is 7.74. The first-order valence-corrected chi connectivity index (χ1v) is 7.09. The molecular formula is C14H30N2O2. The van der Waals surface area contributed by atoms with Crippen LogP contribution in [-0.2, 0) is 9.47 Å². The molecule has 1 aliphatic rings. The van der Waals surface area contributed by atoms with Crippen LogP contribution < -0.4 is 5.73 Å². The predicted octanol–water partition coefficient (Wildman–Crippen LogP) is 1.34. The average molecular weight is 258 g/mol. The monoisotopic (exact) mass is 258 g/mol. The van der Waals surface area contributed by atoms with Gasteiger partial charge in [-0.1, -0.05) is 6.92 Å². The van der Waals surface area contributed by atoms with Crippen LogP contribution in [0.1, 0.15) is 26.7 Å². The molecule has 4 nitrogen and oxygen atoms in total. The molecule has 1 fully saturated rings. The van der Waals surface area contributed by atoms with Gasteiger partial charge in [-0.25, -0.2) is 0 Å². The van der Waals surface area contributed by atoms with E-state index in [2.05, 4.69) is 18.7 Å². The number of rotatable bonds is 10. The van der Waals surface area contributed by atoms with E-state index in [4.69, 9.17) is 15.2 Å². The van der Waals surface area contributed by atoms with Gasteiger partial charge in [-0.2, -0.15) is 0 Å². The van der Waals surface area contributed by atoms with Gasteiger partial charge >= 0.3 is 0 Å². The summed E-state index contributed by atoms with van der Waals surface area (Å²) in [7, 11) is 3.52. The SMILES string of the molecule is COCCN(C(C)C1CC1)C(CN)C(C)COC. The second-order valence-electron chi connectivity index (χ2n) is 5.54. The van der Waals surface area contributed by atoms with Crippen LogP contribution in [0.4, 0.5) is 0 Å². The van der Waals surface area contributed by atoms with E-state index in [1.165, 1.54) is 12.8 Å². The molecule has 0 bridgehead atoms. The van der Waals surface area contributed by atoms with Crippen molar-refractivity contribution < 1.29 is 9.47 Å². The first-order chi connectivity index (χ1) is 8.65. The van der Waals surface area contributed by atoms with Crippen molar-refractivity contribution >= 4 is 0 Å². The van der Waals surface area contributed by atoms with Crippen molar-refractivity contribution in [3.05, 3.63) is 0 Å². The summed E-state index contributed by atoms with van der Waals surface area (Å²) in [6, 6.07) is 0.990. The molecule has 0 saturated heterocycles. The minimum absolute atomic E-state index is 0.385. The number of nitrogens with two attached hydrogens (primary N) is 1. The Morgan fingerprint density at radius 1 is 1.22 bits per heavy atom. The Labute approximate surface area is 112 Å². The van der Waals surface area contributed by atoms with Crippen LogP contribution in [-0.4, -0.2) is 57.5 Å². The van der Waals surface area contributed by atoms with E-state index in [9.17, 15) is 0 Å². The van der Waals surface area contributed by atoms with Crippen molar-refractivity contribution in [2.45, 2.75) is 38.8 Å². The molecule has 0 aromatic carbocycles. The zero-order chi connectivity index (χ0) is 13.5. The molecule has 1 saturated carbocycles. The highest BCUT2D eigenvalue weighted by Gasteiger charge is 2.36. The van der Waals surface area contributed by atoms with Gasteiger partial charge in [-0.15, -0.1) is 0 Å². The van der Waals surface area contributed by atoms with Crippen LogP contribution in [0.5, 0.6) is 0 Å². The fourth-order valence-electron chi connectivity index (χ4n) is 2.79. The first-order valence-electron chi connectivity index (χ1n) is 7.09. The second-order valence-corrected chi connectivity index (χ2v) is 5.54. The smallest absolute Gasteiger partial charge is 0.0589 e. The molecule has 108 valence electrons. The lowest BCUT2D eigenvalue weighted by Gasteiger charge is -2.39. The van der Waals surface area contributed by atoms with Crippen LogP contribution in [0.3, 0.4) is 0 Å². The Hall–Kier alpha value is -0.160. The molecule has 1 aliphatic carbocycles. The predicted molar refractivity (Wildman–Crippen MR) is 74.7 cm³/mol. The largest absolute Gasteiger partial charge is 0.384 e. The summed E-state index contributed by atoms with van der Waals surface area (Å²) >= 11 is 0. The van der Waals surface area contributed by atoms with Gasteiger partial charge in [0, 0.05) is 39.4 Å². The van der Waals surface area contributed by atoms with E-state index < -0.39 is 0 Å². The third-order valence-electron chi connectivity index (χ3n) is 4.13. The van der Waals surface area contributed by atoms with Gasteiger partial charge in [-0.3, -0.25) is 4.90 Å². The minimum atomic E-state index is 0.385. The maximum Gasteiger partial charge on any atom is 0.0589 e. The molecule has 0 heterocycles. The molecular weight excluding hydrogens is 228 g/mol.